The van der Waals surface area contributed by atoms with E-state index in [1.54, 1.807) is 17.8 Å². The molecular formula is C15H21N3O2S. The SMILES string of the molecule is Cn1nc(C(C)(C)C)cc1C(=O)NCC(O)c1ccsc1. The minimum atomic E-state index is -0.685. The summed E-state index contributed by atoms with van der Waals surface area (Å²) in [6.45, 7) is 6.34. The van der Waals surface area contributed by atoms with Gasteiger partial charge in [0.1, 0.15) is 5.69 Å². The molecule has 1 atom stereocenters. The highest BCUT2D eigenvalue weighted by molar-refractivity contribution is 7.07. The lowest BCUT2D eigenvalue weighted by atomic mass is 9.92. The van der Waals surface area contributed by atoms with Gasteiger partial charge in [0.05, 0.1) is 11.8 Å². The molecule has 2 aromatic heterocycles. The monoisotopic (exact) mass is 307 g/mol. The number of aromatic nitrogens is 2. The van der Waals surface area contributed by atoms with E-state index in [0.717, 1.165) is 11.3 Å². The summed E-state index contributed by atoms with van der Waals surface area (Å²) >= 11 is 1.52. The van der Waals surface area contributed by atoms with Gasteiger partial charge in [0, 0.05) is 19.0 Å². The molecule has 2 N–H and O–H groups in total. The Hall–Kier alpha value is -1.66. The van der Waals surface area contributed by atoms with Gasteiger partial charge in [-0.2, -0.15) is 16.4 Å². The van der Waals surface area contributed by atoms with E-state index in [-0.39, 0.29) is 17.9 Å². The highest BCUT2D eigenvalue weighted by Crippen LogP contribution is 2.21. The molecule has 114 valence electrons. The Morgan fingerprint density at radius 1 is 1.52 bits per heavy atom. The first kappa shape index (κ1) is 15.7. The zero-order valence-electron chi connectivity index (χ0n) is 12.8. The summed E-state index contributed by atoms with van der Waals surface area (Å²) < 4.78 is 1.58. The number of rotatable bonds is 4. The third-order valence-corrected chi connectivity index (χ3v) is 3.97. The van der Waals surface area contributed by atoms with Crippen LogP contribution in [0.1, 0.15) is 48.6 Å². The Labute approximate surface area is 128 Å². The van der Waals surface area contributed by atoms with Crippen LogP contribution in [0.3, 0.4) is 0 Å². The molecule has 1 amide bonds. The van der Waals surface area contributed by atoms with Gasteiger partial charge in [-0.1, -0.05) is 20.8 Å². The van der Waals surface area contributed by atoms with E-state index in [2.05, 4.69) is 31.2 Å². The van der Waals surface area contributed by atoms with Crippen LogP contribution in [0.15, 0.2) is 22.9 Å². The van der Waals surface area contributed by atoms with Crippen molar-refractivity contribution in [3.8, 4) is 0 Å². The molecule has 0 saturated heterocycles. The topological polar surface area (TPSA) is 67.2 Å². The van der Waals surface area contributed by atoms with Crippen LogP contribution in [0.2, 0.25) is 0 Å². The quantitative estimate of drug-likeness (QED) is 0.910. The third-order valence-electron chi connectivity index (χ3n) is 3.26. The van der Waals surface area contributed by atoms with Crippen molar-refractivity contribution in [2.45, 2.75) is 32.3 Å². The summed E-state index contributed by atoms with van der Waals surface area (Å²) in [6.07, 6.45) is -0.685. The van der Waals surface area contributed by atoms with Crippen LogP contribution in [-0.4, -0.2) is 27.3 Å². The summed E-state index contributed by atoms with van der Waals surface area (Å²) in [5.41, 5.74) is 2.08. The van der Waals surface area contributed by atoms with Gasteiger partial charge < -0.3 is 10.4 Å². The van der Waals surface area contributed by atoms with Crippen LogP contribution in [0, 0.1) is 0 Å². The number of hydrogen-bond donors (Lipinski definition) is 2. The van der Waals surface area contributed by atoms with E-state index in [1.165, 1.54) is 11.3 Å². The highest BCUT2D eigenvalue weighted by atomic mass is 32.1. The second-order valence-corrected chi connectivity index (χ2v) is 6.85. The molecule has 5 nitrogen and oxygen atoms in total. The van der Waals surface area contributed by atoms with Crippen molar-refractivity contribution in [3.63, 3.8) is 0 Å². The molecule has 0 saturated carbocycles. The van der Waals surface area contributed by atoms with Crippen molar-refractivity contribution in [1.82, 2.24) is 15.1 Å². The van der Waals surface area contributed by atoms with Gasteiger partial charge in [-0.05, 0) is 28.5 Å². The molecule has 0 spiro atoms. The zero-order valence-corrected chi connectivity index (χ0v) is 13.6. The number of thiophene rings is 1. The molecule has 2 rings (SSSR count). The number of aliphatic hydroxyl groups is 1. The summed E-state index contributed by atoms with van der Waals surface area (Å²) in [6, 6.07) is 3.65. The fourth-order valence-electron chi connectivity index (χ4n) is 1.91. The van der Waals surface area contributed by atoms with Crippen molar-refractivity contribution in [3.05, 3.63) is 39.8 Å². The van der Waals surface area contributed by atoms with Gasteiger partial charge in [0.15, 0.2) is 0 Å². The molecule has 2 aromatic rings. The fraction of sp³-hybridized carbons (Fsp3) is 0.467. The molecule has 0 bridgehead atoms. The molecule has 0 aliphatic carbocycles. The summed E-state index contributed by atoms with van der Waals surface area (Å²) in [7, 11) is 1.75. The minimum Gasteiger partial charge on any atom is -0.387 e. The second kappa shape index (κ2) is 5.99. The number of aliphatic hydroxyl groups excluding tert-OH is 1. The van der Waals surface area contributed by atoms with E-state index in [9.17, 15) is 9.90 Å². The maximum atomic E-state index is 12.2. The Bertz CT molecular complexity index is 611. The molecular weight excluding hydrogens is 286 g/mol. The third kappa shape index (κ3) is 3.71. The number of hydrogen-bond acceptors (Lipinski definition) is 4. The van der Waals surface area contributed by atoms with E-state index in [0.29, 0.717) is 5.69 Å². The van der Waals surface area contributed by atoms with Crippen molar-refractivity contribution < 1.29 is 9.90 Å². The number of nitrogens with one attached hydrogen (secondary N) is 1. The van der Waals surface area contributed by atoms with Crippen LogP contribution in [0.5, 0.6) is 0 Å². The lowest BCUT2D eigenvalue weighted by Gasteiger charge is -2.13. The van der Waals surface area contributed by atoms with Crippen LogP contribution in [0.25, 0.3) is 0 Å². The first-order valence-electron chi connectivity index (χ1n) is 6.82. The van der Waals surface area contributed by atoms with Crippen molar-refractivity contribution in [1.29, 1.82) is 0 Å². The molecule has 0 fully saturated rings. The first-order valence-corrected chi connectivity index (χ1v) is 7.76. The predicted octanol–water partition coefficient (Wildman–Crippen LogP) is 2.24. The number of nitrogens with zero attached hydrogens (tertiary/aromatic N) is 2. The molecule has 0 radical (unpaired) electrons. The van der Waals surface area contributed by atoms with Gasteiger partial charge in [-0.3, -0.25) is 9.48 Å². The fourth-order valence-corrected chi connectivity index (χ4v) is 2.62. The van der Waals surface area contributed by atoms with Gasteiger partial charge in [0.2, 0.25) is 0 Å². The Morgan fingerprint density at radius 2 is 2.24 bits per heavy atom. The Morgan fingerprint density at radius 3 is 2.76 bits per heavy atom. The van der Waals surface area contributed by atoms with E-state index in [1.807, 2.05) is 16.8 Å². The molecule has 6 heteroatoms. The first-order chi connectivity index (χ1) is 9.79. The second-order valence-electron chi connectivity index (χ2n) is 6.07. The van der Waals surface area contributed by atoms with Crippen molar-refractivity contribution >= 4 is 17.2 Å². The smallest absolute Gasteiger partial charge is 0.269 e. The van der Waals surface area contributed by atoms with Crippen LogP contribution in [0.4, 0.5) is 0 Å². The van der Waals surface area contributed by atoms with E-state index in [4.69, 9.17) is 0 Å². The lowest BCUT2D eigenvalue weighted by molar-refractivity contribution is 0.0907. The van der Waals surface area contributed by atoms with Gasteiger partial charge in [0.25, 0.3) is 5.91 Å². The number of carbonyl (C=O) groups excluding carboxylic acids is 1. The van der Waals surface area contributed by atoms with Crippen LogP contribution in [-0.2, 0) is 12.5 Å². The molecule has 0 aromatic carbocycles. The maximum absolute atomic E-state index is 12.2. The van der Waals surface area contributed by atoms with E-state index < -0.39 is 6.10 Å². The molecule has 21 heavy (non-hydrogen) atoms. The van der Waals surface area contributed by atoms with Crippen molar-refractivity contribution in [2.75, 3.05) is 6.54 Å². The Kier molecular flexibility index (Phi) is 4.49. The summed E-state index contributed by atoms with van der Waals surface area (Å²) in [5.74, 6) is -0.227. The standard InChI is InChI=1S/C15H21N3O2S/c1-15(2,3)13-7-11(18(4)17-13)14(20)16-8-12(19)10-5-6-21-9-10/h5-7,9,12,19H,8H2,1-4H3,(H,16,20). The molecule has 0 aliphatic heterocycles. The largest absolute Gasteiger partial charge is 0.387 e. The summed E-state index contributed by atoms with van der Waals surface area (Å²) in [4.78, 5) is 12.2. The van der Waals surface area contributed by atoms with Gasteiger partial charge in [-0.25, -0.2) is 0 Å². The molecule has 1 unspecified atom stereocenters. The molecule has 2 heterocycles. The zero-order chi connectivity index (χ0) is 15.6. The number of amides is 1. The normalized spacial score (nSPS) is 13.2. The lowest BCUT2D eigenvalue weighted by Crippen LogP contribution is -2.29. The number of aryl methyl sites for hydroxylation is 1. The number of carbonyl (C=O) groups is 1. The highest BCUT2D eigenvalue weighted by Gasteiger charge is 2.22. The maximum Gasteiger partial charge on any atom is 0.269 e. The van der Waals surface area contributed by atoms with E-state index >= 15 is 0 Å². The van der Waals surface area contributed by atoms with Crippen LogP contribution >= 0.6 is 11.3 Å². The summed E-state index contributed by atoms with van der Waals surface area (Å²) in [5, 5.41) is 20.9. The van der Waals surface area contributed by atoms with Crippen LogP contribution < -0.4 is 5.32 Å². The minimum absolute atomic E-state index is 0.105. The average Bonchev–Trinajstić information content (AvgIpc) is 3.03. The van der Waals surface area contributed by atoms with Gasteiger partial charge >= 0.3 is 0 Å². The molecule has 0 aliphatic rings. The predicted molar refractivity (Wildman–Crippen MR) is 83.5 cm³/mol. The Balaban J connectivity index is 2.02. The van der Waals surface area contributed by atoms with Crippen molar-refractivity contribution in [2.24, 2.45) is 7.05 Å². The average molecular weight is 307 g/mol. The van der Waals surface area contributed by atoms with Gasteiger partial charge in [-0.15, -0.1) is 0 Å².